The van der Waals surface area contributed by atoms with E-state index in [0.29, 0.717) is 0 Å². The average Bonchev–Trinajstić information content (AvgIpc) is 2.46. The van der Waals surface area contributed by atoms with E-state index in [1.807, 2.05) is 38.8 Å². The first kappa shape index (κ1) is 16.3. The Hall–Kier alpha value is -1.68. The first-order chi connectivity index (χ1) is 8.69. The number of hydrogen-bond donors (Lipinski definition) is 0. The number of carbonyl (C=O) groups excluding carboxylic acids is 2. The van der Waals surface area contributed by atoms with Crippen molar-refractivity contribution in [1.29, 1.82) is 0 Å². The van der Waals surface area contributed by atoms with Crippen molar-refractivity contribution >= 4 is 12.8 Å². The Kier molecular flexibility index (Phi) is 8.49. The van der Waals surface area contributed by atoms with Crippen molar-refractivity contribution in [3.8, 4) is 0 Å². The maximum Gasteiger partial charge on any atom is 0.322 e. The molecule has 0 fully saturated rings. The van der Waals surface area contributed by atoms with E-state index in [2.05, 4.69) is 17.0 Å². The lowest BCUT2D eigenvalue weighted by atomic mass is 10.2. The Balaban J connectivity index is 0.00000137. The minimum absolute atomic E-state index is 0.183. The summed E-state index contributed by atoms with van der Waals surface area (Å²) in [5.41, 5.74) is 1.21. The van der Waals surface area contributed by atoms with Gasteiger partial charge in [-0.15, -0.1) is 0 Å². The number of methoxy groups -OCH3 is 1. The van der Waals surface area contributed by atoms with Crippen molar-refractivity contribution in [2.75, 3.05) is 13.7 Å². The molecule has 1 unspecified atom stereocenters. The summed E-state index contributed by atoms with van der Waals surface area (Å²) in [6.45, 7) is 7.51. The highest BCUT2D eigenvalue weighted by Crippen LogP contribution is 2.08. The van der Waals surface area contributed by atoms with Gasteiger partial charge in [0.1, 0.15) is 12.8 Å². The summed E-state index contributed by atoms with van der Waals surface area (Å²) in [6.07, 6.45) is 0. The van der Waals surface area contributed by atoms with Gasteiger partial charge >= 0.3 is 5.97 Å². The normalized spacial score (nSPS) is 11.3. The summed E-state index contributed by atoms with van der Waals surface area (Å²) in [7, 11) is 1.43. The lowest BCUT2D eigenvalue weighted by Crippen LogP contribution is -2.39. The van der Waals surface area contributed by atoms with E-state index < -0.39 is 0 Å². The molecule has 1 atom stereocenters. The largest absolute Gasteiger partial charge is 0.468 e. The van der Waals surface area contributed by atoms with Crippen LogP contribution in [0, 0.1) is 0 Å². The molecule has 0 saturated carbocycles. The quantitative estimate of drug-likeness (QED) is 0.750. The van der Waals surface area contributed by atoms with Crippen LogP contribution in [-0.4, -0.2) is 37.4 Å². The molecule has 0 heterocycles. The molecule has 0 bridgehead atoms. The topological polar surface area (TPSA) is 46.6 Å². The van der Waals surface area contributed by atoms with E-state index in [9.17, 15) is 4.79 Å². The predicted molar refractivity (Wildman–Crippen MR) is 71.1 cm³/mol. The number of benzene rings is 1. The third-order valence-corrected chi connectivity index (χ3v) is 2.72. The molecule has 18 heavy (non-hydrogen) atoms. The van der Waals surface area contributed by atoms with Crippen LogP contribution in [0.15, 0.2) is 30.3 Å². The van der Waals surface area contributed by atoms with E-state index in [1.165, 1.54) is 12.7 Å². The molecule has 4 nitrogen and oxygen atoms in total. The summed E-state index contributed by atoms with van der Waals surface area (Å²) in [5.74, 6) is -0.183. The molecule has 0 N–H and O–H groups in total. The number of ether oxygens (including phenoxy) is 1. The van der Waals surface area contributed by atoms with Gasteiger partial charge < -0.3 is 9.53 Å². The van der Waals surface area contributed by atoms with Crippen molar-refractivity contribution < 1.29 is 14.3 Å². The minimum atomic E-state index is -0.199. The smallest absolute Gasteiger partial charge is 0.322 e. The minimum Gasteiger partial charge on any atom is -0.468 e. The predicted octanol–water partition coefficient (Wildman–Crippen LogP) is 1.89. The monoisotopic (exact) mass is 251 g/mol. The zero-order valence-electron chi connectivity index (χ0n) is 11.3. The highest BCUT2D eigenvalue weighted by molar-refractivity contribution is 5.75. The number of likely N-dealkylation sites (N-methyl/N-ethyl adjacent to an activating group) is 1. The molecule has 1 aromatic rings. The Bertz CT molecular complexity index is 340. The second kappa shape index (κ2) is 9.36. The fraction of sp³-hybridized carbons (Fsp3) is 0.429. The van der Waals surface area contributed by atoms with Gasteiger partial charge in [-0.1, -0.05) is 37.3 Å². The molecule has 0 aromatic heterocycles. The Morgan fingerprint density at radius 1 is 1.33 bits per heavy atom. The highest BCUT2D eigenvalue weighted by Gasteiger charge is 2.20. The summed E-state index contributed by atoms with van der Waals surface area (Å²) in [6, 6.07) is 9.93. The zero-order chi connectivity index (χ0) is 14.0. The summed E-state index contributed by atoms with van der Waals surface area (Å²) in [4.78, 5) is 21.5. The number of rotatable bonds is 5. The van der Waals surface area contributed by atoms with Gasteiger partial charge in [0.15, 0.2) is 0 Å². The highest BCUT2D eigenvalue weighted by atomic mass is 16.5. The molecular weight excluding hydrogens is 230 g/mol. The van der Waals surface area contributed by atoms with E-state index in [4.69, 9.17) is 9.53 Å². The van der Waals surface area contributed by atoms with Crippen LogP contribution in [0.1, 0.15) is 19.4 Å². The fourth-order valence-electron chi connectivity index (χ4n) is 1.66. The van der Waals surface area contributed by atoms with Gasteiger partial charge in [0.25, 0.3) is 0 Å². The van der Waals surface area contributed by atoms with Crippen molar-refractivity contribution in [3.05, 3.63) is 35.9 Å². The molecule has 1 aromatic carbocycles. The lowest BCUT2D eigenvalue weighted by molar-refractivity contribution is -0.146. The van der Waals surface area contributed by atoms with Gasteiger partial charge in [-0.05, 0) is 19.0 Å². The second-order valence-corrected chi connectivity index (χ2v) is 3.75. The number of hydrogen-bond acceptors (Lipinski definition) is 4. The third-order valence-electron chi connectivity index (χ3n) is 2.72. The maximum atomic E-state index is 11.4. The van der Waals surface area contributed by atoms with Crippen molar-refractivity contribution in [1.82, 2.24) is 4.90 Å². The van der Waals surface area contributed by atoms with Gasteiger partial charge in [0.05, 0.1) is 7.11 Å². The van der Waals surface area contributed by atoms with Crippen LogP contribution < -0.4 is 0 Å². The first-order valence-electron chi connectivity index (χ1n) is 5.83. The van der Waals surface area contributed by atoms with Crippen LogP contribution in [0.5, 0.6) is 0 Å². The first-order valence-corrected chi connectivity index (χ1v) is 5.83. The molecule has 0 spiro atoms. The molecule has 1 rings (SSSR count). The SMILES string of the molecule is C=O.CCN(Cc1ccccc1)C(C)C(=O)OC. The van der Waals surface area contributed by atoms with Gasteiger partial charge in [0, 0.05) is 6.54 Å². The number of nitrogens with zero attached hydrogens (tertiary/aromatic N) is 1. The maximum absolute atomic E-state index is 11.4. The van der Waals surface area contributed by atoms with Crippen molar-refractivity contribution in [3.63, 3.8) is 0 Å². The van der Waals surface area contributed by atoms with E-state index >= 15 is 0 Å². The molecule has 0 aliphatic carbocycles. The third kappa shape index (κ3) is 5.10. The van der Waals surface area contributed by atoms with Crippen LogP contribution in [0.2, 0.25) is 0 Å². The molecule has 0 radical (unpaired) electrons. The molecule has 0 aliphatic heterocycles. The van der Waals surface area contributed by atoms with Crippen LogP contribution in [0.3, 0.4) is 0 Å². The van der Waals surface area contributed by atoms with E-state index in [0.717, 1.165) is 13.1 Å². The van der Waals surface area contributed by atoms with E-state index in [-0.39, 0.29) is 12.0 Å². The van der Waals surface area contributed by atoms with Crippen molar-refractivity contribution in [2.45, 2.75) is 26.4 Å². The molecule has 100 valence electrons. The van der Waals surface area contributed by atoms with Gasteiger partial charge in [0.2, 0.25) is 0 Å². The molecule has 4 heteroatoms. The van der Waals surface area contributed by atoms with Crippen LogP contribution >= 0.6 is 0 Å². The standard InChI is InChI=1S/C13H19NO2.CH2O/c1-4-14(11(2)13(15)16-3)10-12-8-6-5-7-9-12;1-2/h5-9,11H,4,10H2,1-3H3;1H2. The van der Waals surface area contributed by atoms with Gasteiger partial charge in [-0.2, -0.15) is 0 Å². The fourth-order valence-corrected chi connectivity index (χ4v) is 1.66. The molecule has 0 saturated heterocycles. The van der Waals surface area contributed by atoms with Gasteiger partial charge in [-0.3, -0.25) is 9.69 Å². The number of esters is 1. The molecule has 0 aliphatic rings. The van der Waals surface area contributed by atoms with Crippen LogP contribution in [-0.2, 0) is 20.9 Å². The van der Waals surface area contributed by atoms with E-state index in [1.54, 1.807) is 0 Å². The van der Waals surface area contributed by atoms with Crippen molar-refractivity contribution in [2.24, 2.45) is 0 Å². The molecule has 0 amide bonds. The van der Waals surface area contributed by atoms with Crippen LogP contribution in [0.4, 0.5) is 0 Å². The summed E-state index contributed by atoms with van der Waals surface area (Å²) in [5, 5.41) is 0. The molecular formula is C14H21NO3. The second-order valence-electron chi connectivity index (χ2n) is 3.75. The zero-order valence-corrected chi connectivity index (χ0v) is 11.3. The number of carbonyl (C=O) groups is 2. The average molecular weight is 251 g/mol. The summed E-state index contributed by atoms with van der Waals surface area (Å²) >= 11 is 0. The van der Waals surface area contributed by atoms with Gasteiger partial charge in [-0.25, -0.2) is 0 Å². The van der Waals surface area contributed by atoms with Crippen LogP contribution in [0.25, 0.3) is 0 Å². The lowest BCUT2D eigenvalue weighted by Gasteiger charge is -2.25. The summed E-state index contributed by atoms with van der Waals surface area (Å²) < 4.78 is 4.75. The Labute approximate surface area is 109 Å². The Morgan fingerprint density at radius 3 is 2.33 bits per heavy atom. The Morgan fingerprint density at radius 2 is 1.89 bits per heavy atom.